The van der Waals surface area contributed by atoms with Crippen LogP contribution in [0.2, 0.25) is 0 Å². The van der Waals surface area contributed by atoms with E-state index >= 15 is 0 Å². The lowest BCUT2D eigenvalue weighted by Gasteiger charge is -2.23. The van der Waals surface area contributed by atoms with Crippen molar-refractivity contribution in [2.75, 3.05) is 5.32 Å². The van der Waals surface area contributed by atoms with Crippen LogP contribution in [0.4, 0.5) is 5.82 Å². The second-order valence-electron chi connectivity index (χ2n) is 5.97. The largest absolute Gasteiger partial charge is 0.311 e. The summed E-state index contributed by atoms with van der Waals surface area (Å²) in [5, 5.41) is 17.4. The Labute approximate surface area is 146 Å². The van der Waals surface area contributed by atoms with Crippen molar-refractivity contribution in [2.24, 2.45) is 0 Å². The van der Waals surface area contributed by atoms with Gasteiger partial charge in [0.1, 0.15) is 16.9 Å². The average Bonchev–Trinajstić information content (AvgIpc) is 3.35. The molecule has 8 heteroatoms. The van der Waals surface area contributed by atoms with Gasteiger partial charge in [-0.2, -0.15) is 5.10 Å². The maximum atomic E-state index is 12.3. The monoisotopic (exact) mass is 351 g/mol. The number of anilines is 1. The molecular formula is C17H13N5O2S. The van der Waals surface area contributed by atoms with Gasteiger partial charge in [-0.05, 0) is 33.4 Å². The van der Waals surface area contributed by atoms with Gasteiger partial charge >= 0.3 is 0 Å². The fourth-order valence-corrected chi connectivity index (χ4v) is 4.01. The maximum Gasteiger partial charge on any atom is 0.226 e. The van der Waals surface area contributed by atoms with Gasteiger partial charge in [-0.1, -0.05) is 18.2 Å². The van der Waals surface area contributed by atoms with Crippen molar-refractivity contribution in [3.8, 4) is 0 Å². The second kappa shape index (κ2) is 5.52. The predicted octanol–water partition coefficient (Wildman–Crippen LogP) is 3.00. The normalized spacial score (nSPS) is 16.8. The Morgan fingerprint density at radius 1 is 1.24 bits per heavy atom. The van der Waals surface area contributed by atoms with Crippen molar-refractivity contribution in [2.45, 2.75) is 18.9 Å². The molecule has 124 valence electrons. The lowest BCUT2D eigenvalue weighted by molar-refractivity contribution is -0.116. The van der Waals surface area contributed by atoms with Crippen molar-refractivity contribution in [3.63, 3.8) is 0 Å². The molecule has 1 aromatic carbocycles. The van der Waals surface area contributed by atoms with Gasteiger partial charge in [0.2, 0.25) is 5.91 Å². The first-order valence-corrected chi connectivity index (χ1v) is 8.76. The third-order valence-corrected chi connectivity index (χ3v) is 5.33. The average molecular weight is 351 g/mol. The molecule has 25 heavy (non-hydrogen) atoms. The highest BCUT2D eigenvalue weighted by Crippen LogP contribution is 2.39. The number of thiophene rings is 1. The number of carbonyl (C=O) groups is 1. The zero-order chi connectivity index (χ0) is 16.8. The lowest BCUT2D eigenvalue weighted by atomic mass is 9.86. The molecule has 1 aliphatic heterocycles. The molecule has 5 rings (SSSR count). The van der Waals surface area contributed by atoms with E-state index in [4.69, 9.17) is 4.63 Å². The van der Waals surface area contributed by atoms with Crippen LogP contribution in [0.25, 0.3) is 11.0 Å². The minimum absolute atomic E-state index is 0.0288. The number of nitrogens with one attached hydrogen (secondary N) is 1. The van der Waals surface area contributed by atoms with Crippen LogP contribution in [0.1, 0.15) is 28.3 Å². The van der Waals surface area contributed by atoms with Gasteiger partial charge in [-0.3, -0.25) is 4.79 Å². The van der Waals surface area contributed by atoms with Crippen molar-refractivity contribution in [1.82, 2.24) is 20.1 Å². The van der Waals surface area contributed by atoms with Gasteiger partial charge in [-0.25, -0.2) is 9.31 Å². The minimum atomic E-state index is -0.114. The summed E-state index contributed by atoms with van der Waals surface area (Å²) >= 11 is 1.67. The number of amides is 1. The molecule has 0 bridgehead atoms. The van der Waals surface area contributed by atoms with Gasteiger partial charge < -0.3 is 5.32 Å². The van der Waals surface area contributed by atoms with Crippen LogP contribution in [-0.2, 0) is 11.3 Å². The molecule has 0 radical (unpaired) electrons. The molecule has 4 aromatic rings. The van der Waals surface area contributed by atoms with Gasteiger partial charge in [0.05, 0.1) is 12.7 Å². The Hall–Kier alpha value is -3.00. The SMILES string of the molecule is O=C1C[C@@H](c2cccc3nonc23)c2cnn(Cc3cccs3)c2N1. The summed E-state index contributed by atoms with van der Waals surface area (Å²) in [6.45, 7) is 0.635. The molecule has 0 fully saturated rings. The maximum absolute atomic E-state index is 12.3. The molecule has 1 amide bonds. The fourth-order valence-electron chi connectivity index (χ4n) is 3.33. The van der Waals surface area contributed by atoms with Crippen LogP contribution in [0, 0.1) is 0 Å². The number of nitrogens with zero attached hydrogens (tertiary/aromatic N) is 4. The van der Waals surface area contributed by atoms with Crippen LogP contribution in [0.15, 0.2) is 46.5 Å². The first kappa shape index (κ1) is 14.4. The van der Waals surface area contributed by atoms with Gasteiger partial charge in [0.15, 0.2) is 0 Å². The van der Waals surface area contributed by atoms with E-state index in [0.717, 1.165) is 16.9 Å². The van der Waals surface area contributed by atoms with Gasteiger partial charge in [0.25, 0.3) is 0 Å². The molecule has 0 saturated heterocycles. The quantitative estimate of drug-likeness (QED) is 0.613. The van der Waals surface area contributed by atoms with Crippen molar-refractivity contribution < 1.29 is 9.42 Å². The lowest BCUT2D eigenvalue weighted by Crippen LogP contribution is -2.25. The van der Waals surface area contributed by atoms with E-state index in [0.29, 0.717) is 24.0 Å². The van der Waals surface area contributed by atoms with Crippen LogP contribution in [0.3, 0.4) is 0 Å². The van der Waals surface area contributed by atoms with Crippen LogP contribution in [-0.4, -0.2) is 26.0 Å². The first-order chi connectivity index (χ1) is 12.3. The number of benzene rings is 1. The minimum Gasteiger partial charge on any atom is -0.311 e. The molecule has 7 nitrogen and oxygen atoms in total. The summed E-state index contributed by atoms with van der Waals surface area (Å²) in [6.07, 6.45) is 2.18. The Morgan fingerprint density at radius 2 is 2.20 bits per heavy atom. The van der Waals surface area contributed by atoms with E-state index in [2.05, 4.69) is 26.8 Å². The van der Waals surface area contributed by atoms with E-state index in [1.54, 1.807) is 11.3 Å². The van der Waals surface area contributed by atoms with Crippen molar-refractivity contribution in [3.05, 3.63) is 57.9 Å². The molecule has 4 heterocycles. The third-order valence-electron chi connectivity index (χ3n) is 4.47. The first-order valence-electron chi connectivity index (χ1n) is 7.89. The molecule has 1 N–H and O–H groups in total. The standard InChI is InChI=1S/C17H13N5O2S/c23-15-7-12(11-4-1-5-14-16(11)21-24-20-14)13-8-18-22(17(13)19-15)9-10-3-2-6-25-10/h1-6,8,12H,7,9H2,(H,19,23)/t12-/m0/s1. The van der Waals surface area contributed by atoms with E-state index in [1.165, 1.54) is 4.88 Å². The molecule has 3 aromatic heterocycles. The van der Waals surface area contributed by atoms with E-state index in [1.807, 2.05) is 40.5 Å². The number of fused-ring (bicyclic) bond motifs is 2. The highest BCUT2D eigenvalue weighted by atomic mass is 32.1. The number of hydrogen-bond donors (Lipinski definition) is 1. The molecule has 1 atom stereocenters. The summed E-state index contributed by atoms with van der Waals surface area (Å²) in [4.78, 5) is 13.5. The Balaban J connectivity index is 1.61. The molecule has 0 saturated carbocycles. The number of carbonyl (C=O) groups excluding carboxylic acids is 1. The number of aromatic nitrogens is 4. The molecule has 0 spiro atoms. The highest BCUT2D eigenvalue weighted by Gasteiger charge is 2.31. The van der Waals surface area contributed by atoms with Crippen LogP contribution in [0.5, 0.6) is 0 Å². The van der Waals surface area contributed by atoms with Crippen molar-refractivity contribution >= 4 is 34.1 Å². The summed E-state index contributed by atoms with van der Waals surface area (Å²) in [7, 11) is 0. The summed E-state index contributed by atoms with van der Waals surface area (Å²) in [5.74, 6) is 0.610. The predicted molar refractivity (Wildman–Crippen MR) is 92.5 cm³/mol. The van der Waals surface area contributed by atoms with E-state index < -0.39 is 0 Å². The topological polar surface area (TPSA) is 85.8 Å². The van der Waals surface area contributed by atoms with E-state index in [9.17, 15) is 4.79 Å². The second-order valence-corrected chi connectivity index (χ2v) is 7.00. The van der Waals surface area contributed by atoms with Gasteiger partial charge in [0, 0.05) is 22.8 Å². The number of rotatable bonds is 3. The Kier molecular flexibility index (Phi) is 3.17. The zero-order valence-electron chi connectivity index (χ0n) is 13.0. The molecule has 1 aliphatic rings. The Morgan fingerprint density at radius 3 is 3.08 bits per heavy atom. The molecule has 0 aliphatic carbocycles. The summed E-state index contributed by atoms with van der Waals surface area (Å²) in [6, 6.07) is 9.79. The van der Waals surface area contributed by atoms with Crippen LogP contribution >= 0.6 is 11.3 Å². The summed E-state index contributed by atoms with van der Waals surface area (Å²) in [5.41, 5.74) is 3.31. The fraction of sp³-hybridized carbons (Fsp3) is 0.176. The smallest absolute Gasteiger partial charge is 0.226 e. The number of hydrogen-bond acceptors (Lipinski definition) is 6. The van der Waals surface area contributed by atoms with Crippen molar-refractivity contribution in [1.29, 1.82) is 0 Å². The van der Waals surface area contributed by atoms with Gasteiger partial charge in [-0.15, -0.1) is 11.3 Å². The molecular weight excluding hydrogens is 338 g/mol. The Bertz CT molecular complexity index is 1070. The highest BCUT2D eigenvalue weighted by molar-refractivity contribution is 7.09. The third kappa shape index (κ3) is 2.33. The van der Waals surface area contributed by atoms with E-state index in [-0.39, 0.29) is 11.8 Å². The molecule has 0 unspecified atom stereocenters. The summed E-state index contributed by atoms with van der Waals surface area (Å²) < 4.78 is 6.71. The zero-order valence-corrected chi connectivity index (χ0v) is 13.9. The van der Waals surface area contributed by atoms with Crippen LogP contribution < -0.4 is 5.32 Å².